The van der Waals surface area contributed by atoms with Gasteiger partial charge in [0.15, 0.2) is 0 Å². The Labute approximate surface area is 194 Å². The average Bonchev–Trinajstić information content (AvgIpc) is 2.96. The third kappa shape index (κ3) is 5.83. The van der Waals surface area contributed by atoms with Crippen molar-refractivity contribution in [1.82, 2.24) is 5.32 Å². The molecule has 33 heavy (non-hydrogen) atoms. The highest BCUT2D eigenvalue weighted by molar-refractivity contribution is 6.56. The van der Waals surface area contributed by atoms with E-state index >= 15 is 0 Å². The number of carbonyl (C=O) groups is 2. The molecule has 3 rings (SSSR count). The lowest BCUT2D eigenvalue weighted by Gasteiger charge is -2.32. The maximum absolute atomic E-state index is 12.3. The molecule has 1 fully saturated rings. The minimum absolute atomic E-state index is 0.0669. The molecule has 7 nitrogen and oxygen atoms in total. The zero-order valence-electron chi connectivity index (χ0n) is 19.7. The first-order valence-electron chi connectivity index (χ1n) is 10.8. The van der Waals surface area contributed by atoms with Gasteiger partial charge in [0.1, 0.15) is 6.61 Å². The summed E-state index contributed by atoms with van der Waals surface area (Å²) in [6.45, 7) is 9.68. The molecule has 1 amide bonds. The number of amides is 1. The van der Waals surface area contributed by atoms with Gasteiger partial charge < -0.3 is 24.5 Å². The van der Waals surface area contributed by atoms with Gasteiger partial charge in [-0.05, 0) is 56.8 Å². The van der Waals surface area contributed by atoms with Crippen LogP contribution in [0.5, 0.6) is 0 Å². The number of aryl methyl sites for hydroxylation is 1. The number of nitrogens with one attached hydrogen (secondary N) is 1. The van der Waals surface area contributed by atoms with E-state index in [0.29, 0.717) is 16.6 Å². The van der Waals surface area contributed by atoms with Crippen LogP contribution in [0.15, 0.2) is 54.0 Å². The van der Waals surface area contributed by atoms with Crippen LogP contribution in [0.25, 0.3) is 6.08 Å². The molecule has 2 aromatic carbocycles. The van der Waals surface area contributed by atoms with Crippen LogP contribution in [-0.4, -0.2) is 42.0 Å². The number of benzene rings is 2. The van der Waals surface area contributed by atoms with Crippen molar-refractivity contribution in [2.45, 2.75) is 52.4 Å². The normalized spacial score (nSPS) is 17.0. The molecule has 0 atom stereocenters. The number of alkyl carbamates (subject to hydrolysis) is 1. The summed E-state index contributed by atoms with van der Waals surface area (Å²) in [5.41, 5.74) is 1.61. The van der Waals surface area contributed by atoms with Crippen molar-refractivity contribution in [1.29, 1.82) is 0 Å². The lowest BCUT2D eigenvalue weighted by Crippen LogP contribution is -2.41. The Hall–Kier alpha value is -3.10. The van der Waals surface area contributed by atoms with Crippen molar-refractivity contribution in [2.24, 2.45) is 0 Å². The van der Waals surface area contributed by atoms with E-state index in [4.69, 9.17) is 14.0 Å². The van der Waals surface area contributed by atoms with Gasteiger partial charge in [-0.1, -0.05) is 54.6 Å². The maximum atomic E-state index is 12.3. The molecule has 0 radical (unpaired) electrons. The molecular weight excluding hydrogens is 421 g/mol. The predicted octanol–water partition coefficient (Wildman–Crippen LogP) is 4.63. The number of rotatable bonds is 7. The molecule has 8 heteroatoms. The average molecular weight is 451 g/mol. The summed E-state index contributed by atoms with van der Waals surface area (Å²) >= 11 is 0. The second-order valence-corrected chi connectivity index (χ2v) is 9.07. The van der Waals surface area contributed by atoms with E-state index in [2.05, 4.69) is 5.32 Å². The zero-order chi connectivity index (χ0) is 24.2. The van der Waals surface area contributed by atoms with E-state index in [-0.39, 0.29) is 18.7 Å². The summed E-state index contributed by atoms with van der Waals surface area (Å²) in [5, 5.41) is 12.4. The molecule has 1 aliphatic heterocycles. The van der Waals surface area contributed by atoms with Crippen LogP contribution in [0, 0.1) is 6.92 Å². The van der Waals surface area contributed by atoms with Crippen LogP contribution < -0.4 is 5.32 Å². The maximum Gasteiger partial charge on any atom is 0.492 e. The van der Waals surface area contributed by atoms with E-state index in [0.717, 1.165) is 5.56 Å². The molecule has 1 saturated heterocycles. The van der Waals surface area contributed by atoms with E-state index < -0.39 is 30.4 Å². The monoisotopic (exact) mass is 451 g/mol. The van der Waals surface area contributed by atoms with E-state index in [1.165, 1.54) is 0 Å². The Morgan fingerprint density at radius 2 is 1.67 bits per heavy atom. The second kappa shape index (κ2) is 9.81. The Kier molecular flexibility index (Phi) is 7.30. The van der Waals surface area contributed by atoms with Crippen LogP contribution in [0.2, 0.25) is 0 Å². The second-order valence-electron chi connectivity index (χ2n) is 9.07. The van der Waals surface area contributed by atoms with Crippen LogP contribution in [0.4, 0.5) is 4.79 Å². The minimum atomic E-state index is -1.03. The molecule has 2 N–H and O–H groups in total. The summed E-state index contributed by atoms with van der Waals surface area (Å²) in [6, 6.07) is 14.6. The molecular formula is C25H30BNO6. The van der Waals surface area contributed by atoms with Crippen molar-refractivity contribution >= 4 is 25.3 Å². The van der Waals surface area contributed by atoms with Crippen molar-refractivity contribution in [3.05, 3.63) is 76.3 Å². The highest BCUT2D eigenvalue weighted by Gasteiger charge is 2.52. The van der Waals surface area contributed by atoms with Gasteiger partial charge in [0, 0.05) is 6.54 Å². The quantitative estimate of drug-likeness (QED) is 0.596. The summed E-state index contributed by atoms with van der Waals surface area (Å²) in [7, 11) is -0.758. The standard InChI is InChI=1S/C25H30BNO6/c1-17-10-9-13-19(21(17)22(28)29)14-20(26-32-24(2,3)25(4,5)33-26)15-27-23(30)31-16-18-11-7-6-8-12-18/h6-14H,15-16H2,1-5H3,(H,27,30)(H,28,29). The van der Waals surface area contributed by atoms with Gasteiger partial charge in [-0.25, -0.2) is 9.59 Å². The van der Waals surface area contributed by atoms with Gasteiger partial charge in [-0.3, -0.25) is 0 Å². The number of carbonyl (C=O) groups excluding carboxylic acids is 1. The molecule has 2 aromatic rings. The lowest BCUT2D eigenvalue weighted by molar-refractivity contribution is 0.00578. The SMILES string of the molecule is Cc1cccc(C=C(CNC(=O)OCc2ccccc2)B2OC(C)(C)C(C)(C)O2)c1C(=O)O. The first-order valence-corrected chi connectivity index (χ1v) is 10.8. The van der Waals surface area contributed by atoms with Gasteiger partial charge in [0.2, 0.25) is 0 Å². The Morgan fingerprint density at radius 3 is 2.27 bits per heavy atom. The molecule has 0 spiro atoms. The van der Waals surface area contributed by atoms with Gasteiger partial charge >= 0.3 is 19.2 Å². The molecule has 0 bridgehead atoms. The van der Waals surface area contributed by atoms with Gasteiger partial charge in [0.25, 0.3) is 0 Å². The third-order valence-corrected chi connectivity index (χ3v) is 6.07. The van der Waals surface area contributed by atoms with Crippen molar-refractivity contribution in [3.63, 3.8) is 0 Å². The Morgan fingerprint density at radius 1 is 1.03 bits per heavy atom. The fraction of sp³-hybridized carbons (Fsp3) is 0.360. The molecule has 0 aromatic heterocycles. The largest absolute Gasteiger partial charge is 0.492 e. The minimum Gasteiger partial charge on any atom is -0.478 e. The van der Waals surface area contributed by atoms with E-state index in [1.54, 1.807) is 31.2 Å². The summed E-state index contributed by atoms with van der Waals surface area (Å²) < 4.78 is 17.6. The van der Waals surface area contributed by atoms with Crippen molar-refractivity contribution in [2.75, 3.05) is 6.54 Å². The van der Waals surface area contributed by atoms with Gasteiger partial charge in [0.05, 0.1) is 16.8 Å². The molecule has 0 saturated carbocycles. The number of carboxylic acids is 1. The van der Waals surface area contributed by atoms with Crippen LogP contribution in [0.1, 0.15) is 54.7 Å². The van der Waals surface area contributed by atoms with Crippen molar-refractivity contribution in [3.8, 4) is 0 Å². The molecule has 0 unspecified atom stereocenters. The topological polar surface area (TPSA) is 94.1 Å². The number of hydrogen-bond donors (Lipinski definition) is 2. The molecule has 1 aliphatic rings. The van der Waals surface area contributed by atoms with Crippen LogP contribution in [-0.2, 0) is 20.7 Å². The Bertz CT molecular complexity index is 1030. The Balaban J connectivity index is 1.83. The van der Waals surface area contributed by atoms with Gasteiger partial charge in [-0.15, -0.1) is 0 Å². The van der Waals surface area contributed by atoms with Crippen LogP contribution >= 0.6 is 0 Å². The highest BCUT2D eigenvalue weighted by Crippen LogP contribution is 2.39. The first-order chi connectivity index (χ1) is 15.5. The zero-order valence-corrected chi connectivity index (χ0v) is 19.7. The number of ether oxygens (including phenoxy) is 1. The summed E-state index contributed by atoms with van der Waals surface area (Å²) in [6.07, 6.45) is 1.11. The fourth-order valence-electron chi connectivity index (χ4n) is 3.45. The lowest BCUT2D eigenvalue weighted by atomic mass is 9.76. The van der Waals surface area contributed by atoms with Crippen molar-refractivity contribution < 1.29 is 28.7 Å². The predicted molar refractivity (Wildman–Crippen MR) is 127 cm³/mol. The molecule has 1 heterocycles. The van der Waals surface area contributed by atoms with Crippen LogP contribution in [0.3, 0.4) is 0 Å². The van der Waals surface area contributed by atoms with E-state index in [1.807, 2.05) is 58.0 Å². The van der Waals surface area contributed by atoms with E-state index in [9.17, 15) is 14.7 Å². The molecule has 0 aliphatic carbocycles. The van der Waals surface area contributed by atoms with Gasteiger partial charge in [-0.2, -0.15) is 0 Å². The number of carboxylic acid groups (broad SMARTS) is 1. The first kappa shape index (κ1) is 24.5. The number of aromatic carboxylic acids is 1. The number of hydrogen-bond acceptors (Lipinski definition) is 5. The molecule has 174 valence electrons. The smallest absolute Gasteiger partial charge is 0.478 e. The third-order valence-electron chi connectivity index (χ3n) is 6.07. The summed E-state index contributed by atoms with van der Waals surface area (Å²) in [4.78, 5) is 24.2. The summed E-state index contributed by atoms with van der Waals surface area (Å²) in [5.74, 6) is -1.03. The highest BCUT2D eigenvalue weighted by atomic mass is 16.7. The fourth-order valence-corrected chi connectivity index (χ4v) is 3.45.